The monoisotopic (exact) mass is 294 g/mol. The summed E-state index contributed by atoms with van der Waals surface area (Å²) in [5, 5.41) is 0.866. The Morgan fingerprint density at radius 2 is 2.20 bits per heavy atom. The number of halogens is 1. The second-order valence-electron chi connectivity index (χ2n) is 6.01. The third-order valence-corrected chi connectivity index (χ3v) is 4.86. The summed E-state index contributed by atoms with van der Waals surface area (Å²) < 4.78 is 0. The second-order valence-corrected chi connectivity index (χ2v) is 6.42. The number of nitrogens with two attached hydrogens (primary N) is 1. The predicted molar refractivity (Wildman–Crippen MR) is 88.7 cm³/mol. The largest absolute Gasteiger partial charge is 0.371 e. The fourth-order valence-corrected chi connectivity index (χ4v) is 3.21. The van der Waals surface area contributed by atoms with Crippen molar-refractivity contribution in [1.29, 1.82) is 0 Å². The van der Waals surface area contributed by atoms with E-state index >= 15 is 0 Å². The molecule has 2 atom stereocenters. The van der Waals surface area contributed by atoms with Gasteiger partial charge in [0.05, 0.1) is 0 Å². The highest BCUT2D eigenvalue weighted by Gasteiger charge is 2.19. The van der Waals surface area contributed by atoms with Crippen LogP contribution in [0.4, 0.5) is 5.69 Å². The number of nitrogens with zero attached hydrogens (tertiary/aromatic N) is 1. The number of anilines is 1. The first kappa shape index (κ1) is 15.7. The normalized spacial score (nSPS) is 21.0. The fraction of sp³-hybridized carbons (Fsp3) is 0.647. The molecular formula is C17H27ClN2. The lowest BCUT2D eigenvalue weighted by atomic mass is 9.95. The van der Waals surface area contributed by atoms with E-state index in [0.717, 1.165) is 30.3 Å². The van der Waals surface area contributed by atoms with E-state index in [4.69, 9.17) is 17.3 Å². The average Bonchev–Trinajstić information content (AvgIpc) is 2.49. The van der Waals surface area contributed by atoms with Gasteiger partial charge in [0.2, 0.25) is 0 Å². The zero-order valence-electron chi connectivity index (χ0n) is 12.7. The molecule has 1 aromatic carbocycles. The van der Waals surface area contributed by atoms with Crippen molar-refractivity contribution in [3.05, 3.63) is 28.8 Å². The van der Waals surface area contributed by atoms with Gasteiger partial charge in [-0.3, -0.25) is 0 Å². The Bertz CT molecular complexity index is 433. The minimum Gasteiger partial charge on any atom is -0.371 e. The molecule has 2 nitrogen and oxygen atoms in total. The minimum atomic E-state index is 0.206. The van der Waals surface area contributed by atoms with Crippen LogP contribution in [-0.4, -0.2) is 19.1 Å². The number of benzene rings is 1. The van der Waals surface area contributed by atoms with Gasteiger partial charge >= 0.3 is 0 Å². The minimum absolute atomic E-state index is 0.206. The molecule has 1 aromatic rings. The van der Waals surface area contributed by atoms with Crippen molar-refractivity contribution in [2.45, 2.75) is 52.0 Å². The molecule has 0 saturated carbocycles. The van der Waals surface area contributed by atoms with Crippen LogP contribution in [0.15, 0.2) is 18.2 Å². The quantitative estimate of drug-likeness (QED) is 0.880. The van der Waals surface area contributed by atoms with E-state index in [1.54, 1.807) is 0 Å². The Morgan fingerprint density at radius 3 is 2.85 bits per heavy atom. The van der Waals surface area contributed by atoms with E-state index in [9.17, 15) is 0 Å². The van der Waals surface area contributed by atoms with Crippen molar-refractivity contribution in [1.82, 2.24) is 0 Å². The maximum Gasteiger partial charge on any atom is 0.0459 e. The number of hydrogen-bond acceptors (Lipinski definition) is 2. The topological polar surface area (TPSA) is 29.3 Å². The molecule has 1 saturated heterocycles. The van der Waals surface area contributed by atoms with Gasteiger partial charge in [-0.25, -0.2) is 0 Å². The zero-order chi connectivity index (χ0) is 14.5. The molecule has 2 unspecified atom stereocenters. The van der Waals surface area contributed by atoms with Crippen LogP contribution in [0.1, 0.15) is 45.1 Å². The van der Waals surface area contributed by atoms with Crippen LogP contribution < -0.4 is 10.6 Å². The highest BCUT2D eigenvalue weighted by molar-refractivity contribution is 6.31. The number of rotatable bonds is 5. The molecule has 0 bridgehead atoms. The van der Waals surface area contributed by atoms with Gasteiger partial charge in [0.25, 0.3) is 0 Å². The number of piperidine rings is 1. The third-order valence-electron chi connectivity index (χ3n) is 4.50. The summed E-state index contributed by atoms with van der Waals surface area (Å²) in [6.07, 6.45) is 5.78. The Morgan fingerprint density at radius 1 is 1.40 bits per heavy atom. The molecule has 1 fully saturated rings. The molecule has 2 rings (SSSR count). The molecule has 0 aromatic heterocycles. The summed E-state index contributed by atoms with van der Waals surface area (Å²) in [6, 6.07) is 6.69. The summed E-state index contributed by atoms with van der Waals surface area (Å²) in [7, 11) is 0. The standard InChI is InChI=1S/C17H27ClN2/c1-3-13-6-5-9-20(12-13)16-8-7-14(17(18)11-16)10-15(19)4-2/h7-8,11,13,15H,3-6,9-10,12,19H2,1-2H3. The van der Waals surface area contributed by atoms with Gasteiger partial charge in [-0.15, -0.1) is 0 Å². The van der Waals surface area contributed by atoms with Crippen molar-refractivity contribution >= 4 is 17.3 Å². The molecule has 0 aliphatic carbocycles. The van der Waals surface area contributed by atoms with Crippen LogP contribution in [0.25, 0.3) is 0 Å². The van der Waals surface area contributed by atoms with Gasteiger partial charge in [0.1, 0.15) is 0 Å². The maximum absolute atomic E-state index is 6.44. The zero-order valence-corrected chi connectivity index (χ0v) is 13.5. The van der Waals surface area contributed by atoms with Gasteiger partial charge in [-0.1, -0.05) is 37.9 Å². The van der Waals surface area contributed by atoms with Crippen LogP contribution in [0.5, 0.6) is 0 Å². The highest BCUT2D eigenvalue weighted by Crippen LogP contribution is 2.29. The van der Waals surface area contributed by atoms with Crippen LogP contribution >= 0.6 is 11.6 Å². The fourth-order valence-electron chi connectivity index (χ4n) is 2.96. The van der Waals surface area contributed by atoms with Crippen molar-refractivity contribution in [3.8, 4) is 0 Å². The van der Waals surface area contributed by atoms with Gasteiger partial charge in [0.15, 0.2) is 0 Å². The molecule has 0 radical (unpaired) electrons. The van der Waals surface area contributed by atoms with Gasteiger partial charge in [-0.05, 0) is 49.3 Å². The first-order chi connectivity index (χ1) is 9.63. The van der Waals surface area contributed by atoms with E-state index in [2.05, 4.69) is 36.9 Å². The van der Waals surface area contributed by atoms with Crippen molar-refractivity contribution in [3.63, 3.8) is 0 Å². The Labute approximate surface area is 128 Å². The molecule has 112 valence electrons. The Hall–Kier alpha value is -0.730. The third kappa shape index (κ3) is 3.89. The Balaban J connectivity index is 2.08. The van der Waals surface area contributed by atoms with E-state index in [0.29, 0.717) is 0 Å². The van der Waals surface area contributed by atoms with E-state index < -0.39 is 0 Å². The molecule has 0 spiro atoms. The van der Waals surface area contributed by atoms with Crippen molar-refractivity contribution in [2.75, 3.05) is 18.0 Å². The molecular weight excluding hydrogens is 268 g/mol. The molecule has 3 heteroatoms. The van der Waals surface area contributed by atoms with Gasteiger partial charge in [-0.2, -0.15) is 0 Å². The Kier molecular flexibility index (Phi) is 5.74. The summed E-state index contributed by atoms with van der Waals surface area (Å²) in [6.45, 7) is 6.73. The van der Waals surface area contributed by atoms with E-state index in [-0.39, 0.29) is 6.04 Å². The van der Waals surface area contributed by atoms with Gasteiger partial charge in [0, 0.05) is 29.8 Å². The number of hydrogen-bond donors (Lipinski definition) is 1. The van der Waals surface area contributed by atoms with Crippen LogP contribution in [0, 0.1) is 5.92 Å². The van der Waals surface area contributed by atoms with Gasteiger partial charge < -0.3 is 10.6 Å². The molecule has 20 heavy (non-hydrogen) atoms. The summed E-state index contributed by atoms with van der Waals surface area (Å²) >= 11 is 6.44. The van der Waals surface area contributed by atoms with Crippen LogP contribution in [0.2, 0.25) is 5.02 Å². The molecule has 1 heterocycles. The van der Waals surface area contributed by atoms with Crippen molar-refractivity contribution < 1.29 is 0 Å². The van der Waals surface area contributed by atoms with Crippen molar-refractivity contribution in [2.24, 2.45) is 11.7 Å². The molecule has 1 aliphatic rings. The SMILES string of the molecule is CCC(N)Cc1ccc(N2CCCC(CC)C2)cc1Cl. The lowest BCUT2D eigenvalue weighted by Gasteiger charge is -2.34. The van der Waals surface area contributed by atoms with E-state index in [1.165, 1.54) is 37.1 Å². The average molecular weight is 295 g/mol. The van der Waals surface area contributed by atoms with Crippen LogP contribution in [0.3, 0.4) is 0 Å². The second kappa shape index (κ2) is 7.33. The summed E-state index contributed by atoms with van der Waals surface area (Å²) in [5.41, 5.74) is 8.46. The summed E-state index contributed by atoms with van der Waals surface area (Å²) in [4.78, 5) is 2.48. The lowest BCUT2D eigenvalue weighted by molar-refractivity contribution is 0.405. The van der Waals surface area contributed by atoms with Crippen LogP contribution in [-0.2, 0) is 6.42 Å². The molecule has 1 aliphatic heterocycles. The smallest absolute Gasteiger partial charge is 0.0459 e. The first-order valence-corrected chi connectivity index (χ1v) is 8.30. The highest BCUT2D eigenvalue weighted by atomic mass is 35.5. The first-order valence-electron chi connectivity index (χ1n) is 7.93. The summed E-state index contributed by atoms with van der Waals surface area (Å²) in [5.74, 6) is 0.829. The van der Waals surface area contributed by atoms with E-state index in [1.807, 2.05) is 0 Å². The predicted octanol–water partition coefficient (Wildman–Crippen LogP) is 4.25. The lowest BCUT2D eigenvalue weighted by Crippen LogP contribution is -2.35. The molecule has 0 amide bonds. The maximum atomic E-state index is 6.44. The molecule has 2 N–H and O–H groups in total.